The van der Waals surface area contributed by atoms with E-state index in [0.717, 1.165) is 29.7 Å². The second-order valence-electron chi connectivity index (χ2n) is 7.58. The maximum absolute atomic E-state index is 12.7. The van der Waals surface area contributed by atoms with Crippen molar-refractivity contribution < 1.29 is 14.4 Å². The second-order valence-corrected chi connectivity index (χ2v) is 7.58. The molecule has 1 fully saturated rings. The minimum Gasteiger partial charge on any atom is -0.351 e. The van der Waals surface area contributed by atoms with Crippen LogP contribution in [0.1, 0.15) is 38.9 Å². The molecular formula is C21H29N5O3. The number of amides is 3. The van der Waals surface area contributed by atoms with Gasteiger partial charge in [-0.3, -0.25) is 14.4 Å². The lowest BCUT2D eigenvalue weighted by Gasteiger charge is -2.38. The number of piperidine rings is 1. The molecule has 0 radical (unpaired) electrons. The molecule has 1 saturated heterocycles. The van der Waals surface area contributed by atoms with Crippen LogP contribution in [0, 0.1) is 5.92 Å². The molecule has 0 bridgehead atoms. The van der Waals surface area contributed by atoms with Gasteiger partial charge in [-0.05, 0) is 30.9 Å². The Hall–Kier alpha value is -2.90. The lowest BCUT2D eigenvalue weighted by Crippen LogP contribution is -2.53. The Morgan fingerprint density at radius 3 is 2.79 bits per heavy atom. The molecule has 2 atom stereocenters. The van der Waals surface area contributed by atoms with Crippen molar-refractivity contribution >= 4 is 28.8 Å². The lowest BCUT2D eigenvalue weighted by atomic mass is 9.89. The molecule has 0 unspecified atom stereocenters. The number of aryl methyl sites for hydroxylation is 1. The summed E-state index contributed by atoms with van der Waals surface area (Å²) in [6, 6.07) is 7.86. The monoisotopic (exact) mass is 399 g/mol. The van der Waals surface area contributed by atoms with E-state index in [9.17, 15) is 14.4 Å². The van der Waals surface area contributed by atoms with E-state index in [4.69, 9.17) is 0 Å². The van der Waals surface area contributed by atoms with Gasteiger partial charge < -0.3 is 20.5 Å². The van der Waals surface area contributed by atoms with E-state index in [0.29, 0.717) is 25.9 Å². The fourth-order valence-corrected chi connectivity index (χ4v) is 3.83. The number of rotatable bonds is 7. The number of nitrogens with zero attached hydrogens (tertiary/aromatic N) is 2. The molecule has 1 aliphatic heterocycles. The number of nitrogens with one attached hydrogen (secondary N) is 3. The summed E-state index contributed by atoms with van der Waals surface area (Å²) in [4.78, 5) is 45.4. The van der Waals surface area contributed by atoms with Crippen LogP contribution in [0.5, 0.6) is 0 Å². The topological polar surface area (TPSA) is 107 Å². The summed E-state index contributed by atoms with van der Waals surface area (Å²) in [6.45, 7) is 4.71. The summed E-state index contributed by atoms with van der Waals surface area (Å²) >= 11 is 0. The van der Waals surface area contributed by atoms with Crippen molar-refractivity contribution in [2.24, 2.45) is 5.92 Å². The molecule has 0 aliphatic carbocycles. The lowest BCUT2D eigenvalue weighted by molar-refractivity contribution is -0.133. The van der Waals surface area contributed by atoms with E-state index >= 15 is 0 Å². The number of H-pyrrole nitrogens is 1. The van der Waals surface area contributed by atoms with Gasteiger partial charge in [-0.1, -0.05) is 19.1 Å². The fraction of sp³-hybridized carbons (Fsp3) is 0.524. The minimum absolute atomic E-state index is 0.0115. The molecule has 29 heavy (non-hydrogen) atoms. The van der Waals surface area contributed by atoms with Gasteiger partial charge in [-0.2, -0.15) is 0 Å². The Balaban J connectivity index is 1.49. The van der Waals surface area contributed by atoms with E-state index in [1.165, 1.54) is 6.92 Å². The molecular weight excluding hydrogens is 370 g/mol. The molecule has 3 amide bonds. The number of fused-ring (bicyclic) bond motifs is 1. The van der Waals surface area contributed by atoms with Gasteiger partial charge in [0.05, 0.1) is 17.6 Å². The maximum atomic E-state index is 12.7. The van der Waals surface area contributed by atoms with Gasteiger partial charge in [0.25, 0.3) is 0 Å². The Morgan fingerprint density at radius 1 is 1.28 bits per heavy atom. The zero-order valence-corrected chi connectivity index (χ0v) is 17.0. The number of hydrogen-bond donors (Lipinski definition) is 3. The summed E-state index contributed by atoms with van der Waals surface area (Å²) < 4.78 is 0. The molecule has 8 heteroatoms. The molecule has 156 valence electrons. The Labute approximate surface area is 170 Å². The molecule has 0 saturated carbocycles. The smallest absolute Gasteiger partial charge is 0.239 e. The number of carbonyl (C=O) groups is 3. The molecule has 2 heterocycles. The quantitative estimate of drug-likeness (QED) is 0.654. The minimum atomic E-state index is -0.225. The van der Waals surface area contributed by atoms with Crippen LogP contribution in [0.25, 0.3) is 11.0 Å². The van der Waals surface area contributed by atoms with Crippen LogP contribution in [0.3, 0.4) is 0 Å². The van der Waals surface area contributed by atoms with Crippen molar-refractivity contribution in [3.05, 3.63) is 30.1 Å². The summed E-state index contributed by atoms with van der Waals surface area (Å²) in [6.07, 6.45) is 2.59. The highest BCUT2D eigenvalue weighted by atomic mass is 16.2. The fourth-order valence-electron chi connectivity index (χ4n) is 3.83. The Kier molecular flexibility index (Phi) is 6.85. The normalized spacial score (nSPS) is 19.2. The van der Waals surface area contributed by atoms with Crippen molar-refractivity contribution in [1.29, 1.82) is 0 Å². The molecule has 3 rings (SSSR count). The van der Waals surface area contributed by atoms with Crippen molar-refractivity contribution in [1.82, 2.24) is 25.5 Å². The van der Waals surface area contributed by atoms with Crippen molar-refractivity contribution in [3.8, 4) is 0 Å². The average Bonchev–Trinajstić information content (AvgIpc) is 3.13. The summed E-state index contributed by atoms with van der Waals surface area (Å²) in [5.74, 6) is 0.740. The van der Waals surface area contributed by atoms with Crippen molar-refractivity contribution in [2.75, 3.05) is 19.6 Å². The van der Waals surface area contributed by atoms with Crippen LogP contribution in [0.4, 0.5) is 0 Å². The summed E-state index contributed by atoms with van der Waals surface area (Å²) in [5.41, 5.74) is 1.90. The molecule has 0 spiro atoms. The molecule has 1 aromatic heterocycles. The number of para-hydroxylation sites is 2. The van der Waals surface area contributed by atoms with Gasteiger partial charge in [0.15, 0.2) is 0 Å². The molecule has 1 aromatic carbocycles. The van der Waals surface area contributed by atoms with Crippen molar-refractivity contribution in [3.63, 3.8) is 0 Å². The van der Waals surface area contributed by atoms with Gasteiger partial charge in [-0.15, -0.1) is 0 Å². The zero-order chi connectivity index (χ0) is 20.8. The van der Waals surface area contributed by atoms with Crippen LogP contribution >= 0.6 is 0 Å². The molecule has 2 aromatic rings. The van der Waals surface area contributed by atoms with E-state index in [-0.39, 0.29) is 36.2 Å². The van der Waals surface area contributed by atoms with E-state index < -0.39 is 0 Å². The van der Waals surface area contributed by atoms with Gasteiger partial charge in [0.2, 0.25) is 17.7 Å². The number of benzene rings is 1. The third-order valence-corrected chi connectivity index (χ3v) is 5.47. The van der Waals surface area contributed by atoms with Crippen LogP contribution in [-0.4, -0.2) is 58.3 Å². The second kappa shape index (κ2) is 9.54. The van der Waals surface area contributed by atoms with Gasteiger partial charge in [0.1, 0.15) is 5.82 Å². The first-order chi connectivity index (χ1) is 14.0. The zero-order valence-electron chi connectivity index (χ0n) is 17.0. The number of aromatic nitrogens is 2. The van der Waals surface area contributed by atoms with Crippen LogP contribution in [0.2, 0.25) is 0 Å². The van der Waals surface area contributed by atoms with Crippen LogP contribution in [-0.2, 0) is 20.8 Å². The first kappa shape index (κ1) is 20.8. The Morgan fingerprint density at radius 2 is 2.07 bits per heavy atom. The van der Waals surface area contributed by atoms with Gasteiger partial charge in [0, 0.05) is 38.9 Å². The maximum Gasteiger partial charge on any atom is 0.239 e. The molecule has 1 aliphatic rings. The van der Waals surface area contributed by atoms with Crippen molar-refractivity contribution in [2.45, 2.75) is 45.6 Å². The predicted octanol–water partition coefficient (Wildman–Crippen LogP) is 1.37. The standard InChI is InChI=1S/C21H29N5O3/c1-3-15-13-26(11-10-16(15)25-20(28)12-22-14(2)27)21(29)9-8-19-23-17-6-4-5-7-18(17)24-19/h4-7,15-16H,3,8-13H2,1-2H3,(H,22,27)(H,23,24)(H,25,28)/t15-,16+/m1/s1. The van der Waals surface area contributed by atoms with E-state index in [2.05, 4.69) is 27.5 Å². The predicted molar refractivity (Wildman–Crippen MR) is 110 cm³/mol. The first-order valence-corrected chi connectivity index (χ1v) is 10.2. The largest absolute Gasteiger partial charge is 0.351 e. The number of carbonyl (C=O) groups excluding carboxylic acids is 3. The SMILES string of the molecule is CC[C@@H]1CN(C(=O)CCc2nc3ccccc3[nH]2)CC[C@@H]1NC(=O)CNC(C)=O. The summed E-state index contributed by atoms with van der Waals surface area (Å²) in [5, 5.41) is 5.51. The first-order valence-electron chi connectivity index (χ1n) is 10.2. The average molecular weight is 399 g/mol. The number of aromatic amines is 1. The third kappa shape index (κ3) is 5.56. The molecule has 3 N–H and O–H groups in total. The molecule has 8 nitrogen and oxygen atoms in total. The Bertz CT molecular complexity index is 845. The number of likely N-dealkylation sites (tertiary alicyclic amines) is 1. The third-order valence-electron chi connectivity index (χ3n) is 5.47. The highest BCUT2D eigenvalue weighted by molar-refractivity contribution is 5.84. The number of hydrogen-bond acceptors (Lipinski definition) is 4. The van der Waals surface area contributed by atoms with Gasteiger partial charge in [-0.25, -0.2) is 4.98 Å². The van der Waals surface area contributed by atoms with Gasteiger partial charge >= 0.3 is 0 Å². The van der Waals surface area contributed by atoms with Crippen LogP contribution in [0.15, 0.2) is 24.3 Å². The highest BCUT2D eigenvalue weighted by Gasteiger charge is 2.31. The van der Waals surface area contributed by atoms with Crippen LogP contribution < -0.4 is 10.6 Å². The van der Waals surface area contributed by atoms with E-state index in [1.54, 1.807) is 0 Å². The summed E-state index contributed by atoms with van der Waals surface area (Å²) in [7, 11) is 0. The van der Waals surface area contributed by atoms with E-state index in [1.807, 2.05) is 29.2 Å². The highest BCUT2D eigenvalue weighted by Crippen LogP contribution is 2.21. The number of imidazole rings is 1.